The van der Waals surface area contributed by atoms with Crippen molar-refractivity contribution < 1.29 is 9.47 Å². The maximum atomic E-state index is 6.12. The van der Waals surface area contributed by atoms with Crippen molar-refractivity contribution in [2.45, 2.75) is 19.5 Å². The van der Waals surface area contributed by atoms with E-state index in [4.69, 9.17) is 21.1 Å². The SMILES string of the molecule is COCC(C)NCc1c(Cl)cccc1OC. The predicted octanol–water partition coefficient (Wildman–Crippen LogP) is 2.47. The molecule has 1 N–H and O–H groups in total. The molecule has 0 aliphatic carbocycles. The molecule has 1 aromatic rings. The Morgan fingerprint density at radius 2 is 2.12 bits per heavy atom. The largest absolute Gasteiger partial charge is 0.496 e. The van der Waals surface area contributed by atoms with Crippen molar-refractivity contribution in [2.75, 3.05) is 20.8 Å². The summed E-state index contributed by atoms with van der Waals surface area (Å²) in [5.41, 5.74) is 0.981. The van der Waals surface area contributed by atoms with Crippen molar-refractivity contribution in [3.8, 4) is 5.75 Å². The zero-order chi connectivity index (χ0) is 12.0. The first-order chi connectivity index (χ1) is 7.69. The lowest BCUT2D eigenvalue weighted by atomic mass is 10.2. The van der Waals surface area contributed by atoms with Crippen LogP contribution in [0.4, 0.5) is 0 Å². The number of nitrogens with one attached hydrogen (secondary N) is 1. The van der Waals surface area contributed by atoms with Crippen molar-refractivity contribution in [2.24, 2.45) is 0 Å². The molecular formula is C12H18ClNO2. The molecule has 90 valence electrons. The number of rotatable bonds is 6. The third-order valence-corrected chi connectivity index (χ3v) is 2.69. The molecule has 0 aliphatic rings. The van der Waals surface area contributed by atoms with Crippen molar-refractivity contribution >= 4 is 11.6 Å². The van der Waals surface area contributed by atoms with Gasteiger partial charge in [0.15, 0.2) is 0 Å². The number of ether oxygens (including phenoxy) is 2. The third kappa shape index (κ3) is 3.67. The Morgan fingerprint density at radius 1 is 1.38 bits per heavy atom. The van der Waals surface area contributed by atoms with E-state index in [2.05, 4.69) is 12.2 Å². The number of methoxy groups -OCH3 is 2. The molecule has 16 heavy (non-hydrogen) atoms. The quantitative estimate of drug-likeness (QED) is 0.833. The minimum Gasteiger partial charge on any atom is -0.496 e. The molecule has 1 unspecified atom stereocenters. The van der Waals surface area contributed by atoms with Gasteiger partial charge in [0.25, 0.3) is 0 Å². The molecule has 0 spiro atoms. The van der Waals surface area contributed by atoms with Gasteiger partial charge in [0.2, 0.25) is 0 Å². The van der Waals surface area contributed by atoms with E-state index >= 15 is 0 Å². The Labute approximate surface area is 102 Å². The Hall–Kier alpha value is -0.770. The fraction of sp³-hybridized carbons (Fsp3) is 0.500. The normalized spacial score (nSPS) is 12.5. The van der Waals surface area contributed by atoms with Gasteiger partial charge in [-0.25, -0.2) is 0 Å². The smallest absolute Gasteiger partial charge is 0.124 e. The third-order valence-electron chi connectivity index (χ3n) is 2.34. The van der Waals surface area contributed by atoms with Gasteiger partial charge in [-0.2, -0.15) is 0 Å². The summed E-state index contributed by atoms with van der Waals surface area (Å²) < 4.78 is 10.3. The summed E-state index contributed by atoms with van der Waals surface area (Å²) >= 11 is 6.12. The molecule has 4 heteroatoms. The number of hydrogen-bond donors (Lipinski definition) is 1. The van der Waals surface area contributed by atoms with E-state index < -0.39 is 0 Å². The van der Waals surface area contributed by atoms with Crippen LogP contribution < -0.4 is 10.1 Å². The molecule has 0 aromatic heterocycles. The van der Waals surface area contributed by atoms with Crippen LogP contribution in [-0.4, -0.2) is 26.9 Å². The summed E-state index contributed by atoms with van der Waals surface area (Å²) in [6.07, 6.45) is 0. The van der Waals surface area contributed by atoms with E-state index in [0.29, 0.717) is 13.2 Å². The molecule has 3 nitrogen and oxygen atoms in total. The molecule has 0 aliphatic heterocycles. The monoisotopic (exact) mass is 243 g/mol. The fourth-order valence-corrected chi connectivity index (χ4v) is 1.72. The molecule has 0 bridgehead atoms. The molecule has 0 fully saturated rings. The first-order valence-corrected chi connectivity index (χ1v) is 5.60. The summed E-state index contributed by atoms with van der Waals surface area (Å²) in [7, 11) is 3.34. The van der Waals surface area contributed by atoms with Gasteiger partial charge in [-0.1, -0.05) is 17.7 Å². The highest BCUT2D eigenvalue weighted by Gasteiger charge is 2.08. The fourth-order valence-electron chi connectivity index (χ4n) is 1.49. The topological polar surface area (TPSA) is 30.5 Å². The summed E-state index contributed by atoms with van der Waals surface area (Å²) in [4.78, 5) is 0. The van der Waals surface area contributed by atoms with Crippen molar-refractivity contribution in [1.82, 2.24) is 5.32 Å². The van der Waals surface area contributed by atoms with Gasteiger partial charge >= 0.3 is 0 Å². The second-order valence-corrected chi connectivity index (χ2v) is 4.07. The van der Waals surface area contributed by atoms with Gasteiger partial charge in [-0.3, -0.25) is 0 Å². The lowest BCUT2D eigenvalue weighted by Gasteiger charge is -2.15. The summed E-state index contributed by atoms with van der Waals surface area (Å²) in [5.74, 6) is 0.810. The van der Waals surface area contributed by atoms with Gasteiger partial charge in [0.05, 0.1) is 13.7 Å². The van der Waals surface area contributed by atoms with Crippen LogP contribution in [-0.2, 0) is 11.3 Å². The maximum Gasteiger partial charge on any atom is 0.124 e. The van der Waals surface area contributed by atoms with Gasteiger partial charge in [0.1, 0.15) is 5.75 Å². The average Bonchev–Trinajstić information content (AvgIpc) is 2.27. The minimum atomic E-state index is 0.283. The van der Waals surface area contributed by atoms with Gasteiger partial charge in [-0.15, -0.1) is 0 Å². The molecule has 0 saturated heterocycles. The van der Waals surface area contributed by atoms with Crippen LogP contribution in [0.1, 0.15) is 12.5 Å². The Kier molecular flexibility index (Phi) is 5.60. The second-order valence-electron chi connectivity index (χ2n) is 3.66. The van der Waals surface area contributed by atoms with E-state index in [0.717, 1.165) is 16.3 Å². The van der Waals surface area contributed by atoms with Gasteiger partial charge in [0, 0.05) is 30.3 Å². The Balaban J connectivity index is 2.65. The van der Waals surface area contributed by atoms with Crippen LogP contribution in [0.3, 0.4) is 0 Å². The van der Waals surface area contributed by atoms with Crippen LogP contribution >= 0.6 is 11.6 Å². The standard InChI is InChI=1S/C12H18ClNO2/c1-9(8-15-2)14-7-10-11(13)5-4-6-12(10)16-3/h4-6,9,14H,7-8H2,1-3H3. The zero-order valence-electron chi connectivity index (χ0n) is 9.92. The molecule has 1 rings (SSSR count). The Bertz CT molecular complexity index is 331. The van der Waals surface area contributed by atoms with Crippen LogP contribution in [0.25, 0.3) is 0 Å². The minimum absolute atomic E-state index is 0.283. The summed E-state index contributed by atoms with van der Waals surface area (Å²) in [6, 6.07) is 5.93. The molecule has 0 saturated carbocycles. The van der Waals surface area contributed by atoms with E-state index in [-0.39, 0.29) is 6.04 Å². The first-order valence-electron chi connectivity index (χ1n) is 5.22. The van der Waals surface area contributed by atoms with Crippen LogP contribution in [0.15, 0.2) is 18.2 Å². The van der Waals surface area contributed by atoms with E-state index in [1.807, 2.05) is 18.2 Å². The first kappa shape index (κ1) is 13.3. The van der Waals surface area contributed by atoms with Crippen molar-refractivity contribution in [1.29, 1.82) is 0 Å². The number of benzene rings is 1. The van der Waals surface area contributed by atoms with E-state index in [1.165, 1.54) is 0 Å². The molecular weight excluding hydrogens is 226 g/mol. The lowest BCUT2D eigenvalue weighted by Crippen LogP contribution is -2.29. The molecule has 1 atom stereocenters. The lowest BCUT2D eigenvalue weighted by molar-refractivity contribution is 0.171. The highest BCUT2D eigenvalue weighted by atomic mass is 35.5. The second kappa shape index (κ2) is 6.74. The summed E-state index contributed by atoms with van der Waals surface area (Å²) in [5, 5.41) is 4.04. The molecule has 0 radical (unpaired) electrons. The summed E-state index contributed by atoms with van der Waals surface area (Å²) in [6.45, 7) is 3.41. The zero-order valence-corrected chi connectivity index (χ0v) is 10.7. The molecule has 1 aromatic carbocycles. The number of halogens is 1. The maximum absolute atomic E-state index is 6.12. The van der Waals surface area contributed by atoms with Crippen LogP contribution in [0, 0.1) is 0 Å². The van der Waals surface area contributed by atoms with Crippen molar-refractivity contribution in [3.05, 3.63) is 28.8 Å². The van der Waals surface area contributed by atoms with Crippen LogP contribution in [0.5, 0.6) is 5.75 Å². The predicted molar refractivity (Wildman–Crippen MR) is 66.2 cm³/mol. The van der Waals surface area contributed by atoms with Crippen molar-refractivity contribution in [3.63, 3.8) is 0 Å². The number of hydrogen-bond acceptors (Lipinski definition) is 3. The van der Waals surface area contributed by atoms with E-state index in [9.17, 15) is 0 Å². The van der Waals surface area contributed by atoms with Gasteiger partial charge < -0.3 is 14.8 Å². The molecule has 0 amide bonds. The highest BCUT2D eigenvalue weighted by Crippen LogP contribution is 2.25. The Morgan fingerprint density at radius 3 is 2.75 bits per heavy atom. The highest BCUT2D eigenvalue weighted by molar-refractivity contribution is 6.31. The molecule has 0 heterocycles. The van der Waals surface area contributed by atoms with E-state index in [1.54, 1.807) is 14.2 Å². The van der Waals surface area contributed by atoms with Crippen LogP contribution in [0.2, 0.25) is 5.02 Å². The average molecular weight is 244 g/mol. The van der Waals surface area contributed by atoms with Gasteiger partial charge in [-0.05, 0) is 19.1 Å².